The standard InChI is InChI=1S/C24H48O2.C5H11Cl/c1-3-5-6-7-8-9-10-11-12-13-14-15-16-17-18-19-20-21-22-23-24(25)26-4-2;1-2-3-4-5-6/h3-23H2,1-2H3;2-5H2,1H3. The van der Waals surface area contributed by atoms with Gasteiger partial charge in [0, 0.05) is 12.3 Å². The third-order valence-corrected chi connectivity index (χ3v) is 6.29. The van der Waals surface area contributed by atoms with E-state index in [0.717, 1.165) is 12.3 Å². The molecular formula is C29H59ClO2. The van der Waals surface area contributed by atoms with Crippen molar-refractivity contribution in [3.63, 3.8) is 0 Å². The summed E-state index contributed by atoms with van der Waals surface area (Å²) in [6.45, 7) is 6.84. The van der Waals surface area contributed by atoms with Crippen molar-refractivity contribution in [2.75, 3.05) is 12.5 Å². The maximum absolute atomic E-state index is 11.2. The van der Waals surface area contributed by atoms with Crippen LogP contribution >= 0.6 is 11.6 Å². The number of carbonyl (C=O) groups is 1. The van der Waals surface area contributed by atoms with E-state index in [-0.39, 0.29) is 5.97 Å². The molecule has 0 aliphatic carbocycles. The third kappa shape index (κ3) is 34.4. The molecule has 2 nitrogen and oxygen atoms in total. The minimum absolute atomic E-state index is 0.0283. The molecule has 194 valence electrons. The van der Waals surface area contributed by atoms with Gasteiger partial charge in [0.05, 0.1) is 6.61 Å². The molecule has 0 heterocycles. The normalized spacial score (nSPS) is 10.6. The van der Waals surface area contributed by atoms with E-state index < -0.39 is 0 Å². The van der Waals surface area contributed by atoms with Crippen LogP contribution in [-0.2, 0) is 9.53 Å². The Morgan fingerprint density at radius 2 is 0.812 bits per heavy atom. The average Bonchev–Trinajstić information content (AvgIpc) is 2.80. The molecule has 0 saturated carbocycles. The Morgan fingerprint density at radius 3 is 1.09 bits per heavy atom. The fraction of sp³-hybridized carbons (Fsp3) is 0.966. The van der Waals surface area contributed by atoms with E-state index in [4.69, 9.17) is 16.3 Å². The number of hydrogen-bond donors (Lipinski definition) is 0. The summed E-state index contributed by atoms with van der Waals surface area (Å²) in [5.74, 6) is 0.799. The van der Waals surface area contributed by atoms with E-state index in [1.165, 1.54) is 135 Å². The van der Waals surface area contributed by atoms with Crippen LogP contribution in [0, 0.1) is 0 Å². The van der Waals surface area contributed by atoms with Crippen molar-refractivity contribution in [3.8, 4) is 0 Å². The summed E-state index contributed by atoms with van der Waals surface area (Å²) < 4.78 is 4.94. The second kappa shape index (κ2) is 32.9. The maximum Gasteiger partial charge on any atom is 0.305 e. The van der Waals surface area contributed by atoms with E-state index in [2.05, 4.69) is 13.8 Å². The molecule has 0 amide bonds. The highest BCUT2D eigenvalue weighted by molar-refractivity contribution is 6.17. The van der Waals surface area contributed by atoms with Gasteiger partial charge in [0.15, 0.2) is 0 Å². The van der Waals surface area contributed by atoms with Gasteiger partial charge in [-0.15, -0.1) is 11.6 Å². The van der Waals surface area contributed by atoms with Gasteiger partial charge in [-0.3, -0.25) is 4.79 Å². The Morgan fingerprint density at radius 1 is 0.500 bits per heavy atom. The molecule has 0 unspecified atom stereocenters. The highest BCUT2D eigenvalue weighted by Crippen LogP contribution is 2.14. The van der Waals surface area contributed by atoms with Crippen LogP contribution in [0.4, 0.5) is 0 Å². The minimum Gasteiger partial charge on any atom is -0.466 e. The van der Waals surface area contributed by atoms with Crippen LogP contribution in [0.3, 0.4) is 0 Å². The van der Waals surface area contributed by atoms with Crippen molar-refractivity contribution in [2.45, 2.75) is 168 Å². The molecule has 0 bridgehead atoms. The number of halogens is 1. The van der Waals surface area contributed by atoms with Crippen molar-refractivity contribution in [2.24, 2.45) is 0 Å². The van der Waals surface area contributed by atoms with Crippen molar-refractivity contribution in [1.82, 2.24) is 0 Å². The second-order valence-electron chi connectivity index (χ2n) is 9.32. The summed E-state index contributed by atoms with van der Waals surface area (Å²) in [6.07, 6.45) is 30.6. The smallest absolute Gasteiger partial charge is 0.305 e. The first-order valence-electron chi connectivity index (χ1n) is 14.4. The number of unbranched alkanes of at least 4 members (excludes halogenated alkanes) is 20. The first-order valence-corrected chi connectivity index (χ1v) is 15.0. The van der Waals surface area contributed by atoms with E-state index >= 15 is 0 Å². The lowest BCUT2D eigenvalue weighted by Gasteiger charge is -2.04. The van der Waals surface area contributed by atoms with Crippen LogP contribution in [0.25, 0.3) is 0 Å². The number of esters is 1. The Kier molecular flexibility index (Phi) is 34.9. The van der Waals surface area contributed by atoms with E-state index in [1.54, 1.807) is 0 Å². The number of rotatable bonds is 24. The number of hydrogen-bond acceptors (Lipinski definition) is 2. The van der Waals surface area contributed by atoms with Crippen molar-refractivity contribution >= 4 is 17.6 Å². The van der Waals surface area contributed by atoms with Gasteiger partial charge in [0.1, 0.15) is 0 Å². The fourth-order valence-corrected chi connectivity index (χ4v) is 4.11. The van der Waals surface area contributed by atoms with Crippen LogP contribution < -0.4 is 0 Å². The van der Waals surface area contributed by atoms with Gasteiger partial charge >= 0.3 is 5.97 Å². The van der Waals surface area contributed by atoms with Crippen LogP contribution in [0.15, 0.2) is 0 Å². The molecule has 0 aliphatic heterocycles. The lowest BCUT2D eigenvalue weighted by atomic mass is 10.0. The summed E-state index contributed by atoms with van der Waals surface area (Å²) in [5.41, 5.74) is 0. The molecule has 3 heteroatoms. The van der Waals surface area contributed by atoms with Gasteiger partial charge in [0.25, 0.3) is 0 Å². The maximum atomic E-state index is 11.2. The molecule has 0 saturated heterocycles. The van der Waals surface area contributed by atoms with Crippen molar-refractivity contribution < 1.29 is 9.53 Å². The van der Waals surface area contributed by atoms with Crippen LogP contribution in [-0.4, -0.2) is 18.5 Å². The molecule has 0 radical (unpaired) electrons. The lowest BCUT2D eigenvalue weighted by molar-refractivity contribution is -0.143. The zero-order chi connectivity index (χ0) is 24.0. The van der Waals surface area contributed by atoms with Crippen LogP contribution in [0.2, 0.25) is 0 Å². The third-order valence-electron chi connectivity index (χ3n) is 6.03. The van der Waals surface area contributed by atoms with Gasteiger partial charge in [-0.05, 0) is 19.8 Å². The molecule has 0 aromatic heterocycles. The lowest BCUT2D eigenvalue weighted by Crippen LogP contribution is -2.03. The molecular weight excluding hydrogens is 416 g/mol. The predicted octanol–water partition coefficient (Wildman–Crippen LogP) is 10.8. The second-order valence-corrected chi connectivity index (χ2v) is 9.69. The van der Waals surface area contributed by atoms with Crippen LogP contribution in [0.5, 0.6) is 0 Å². The molecule has 0 atom stereocenters. The largest absolute Gasteiger partial charge is 0.466 e. The first-order chi connectivity index (χ1) is 15.7. The number of alkyl halides is 1. The van der Waals surface area contributed by atoms with Gasteiger partial charge in [0.2, 0.25) is 0 Å². The Bertz CT molecular complexity index is 329. The fourth-order valence-electron chi connectivity index (χ4n) is 3.93. The SMILES string of the molecule is CCCCCCCCCCCCCCCCCCCCCC(=O)OCC.CCCCCCl. The zero-order valence-electron chi connectivity index (χ0n) is 22.4. The minimum atomic E-state index is -0.0283. The highest BCUT2D eigenvalue weighted by atomic mass is 35.5. The summed E-state index contributed by atoms with van der Waals surface area (Å²) >= 11 is 5.38. The Labute approximate surface area is 208 Å². The van der Waals surface area contributed by atoms with Gasteiger partial charge in [-0.25, -0.2) is 0 Å². The van der Waals surface area contributed by atoms with Crippen molar-refractivity contribution in [3.05, 3.63) is 0 Å². The van der Waals surface area contributed by atoms with Crippen LogP contribution in [0.1, 0.15) is 168 Å². The molecule has 0 spiro atoms. The molecule has 32 heavy (non-hydrogen) atoms. The predicted molar refractivity (Wildman–Crippen MR) is 145 cm³/mol. The Balaban J connectivity index is 0. The van der Waals surface area contributed by atoms with E-state index in [9.17, 15) is 4.79 Å². The molecule has 0 N–H and O–H groups in total. The molecule has 0 rings (SSSR count). The molecule has 0 aromatic rings. The van der Waals surface area contributed by atoms with Gasteiger partial charge in [-0.2, -0.15) is 0 Å². The molecule has 0 aromatic carbocycles. The average molecular weight is 475 g/mol. The molecule has 0 aliphatic rings. The quantitative estimate of drug-likeness (QED) is 0.0789. The van der Waals surface area contributed by atoms with Gasteiger partial charge in [-0.1, -0.05) is 142 Å². The number of ether oxygens (including phenoxy) is 1. The monoisotopic (exact) mass is 474 g/mol. The van der Waals surface area contributed by atoms with E-state index in [1.807, 2.05) is 6.92 Å². The summed E-state index contributed by atoms with van der Waals surface area (Å²) in [7, 11) is 0. The van der Waals surface area contributed by atoms with Gasteiger partial charge < -0.3 is 4.74 Å². The highest BCUT2D eigenvalue weighted by Gasteiger charge is 2.00. The topological polar surface area (TPSA) is 26.3 Å². The first kappa shape index (κ1) is 33.9. The number of carbonyl (C=O) groups excluding carboxylic acids is 1. The summed E-state index contributed by atoms with van der Waals surface area (Å²) in [5, 5.41) is 0. The zero-order valence-corrected chi connectivity index (χ0v) is 23.1. The summed E-state index contributed by atoms with van der Waals surface area (Å²) in [6, 6.07) is 0. The van der Waals surface area contributed by atoms with Crippen molar-refractivity contribution in [1.29, 1.82) is 0 Å². The summed E-state index contributed by atoms with van der Waals surface area (Å²) in [4.78, 5) is 11.2. The Hall–Kier alpha value is -0.240. The molecule has 0 fully saturated rings. The van der Waals surface area contributed by atoms with E-state index in [0.29, 0.717) is 13.0 Å².